The maximum Gasteiger partial charge on any atom is 0.338 e. The minimum Gasteiger partial charge on any atom is -0.274 e. The van der Waals surface area contributed by atoms with Gasteiger partial charge in [0.1, 0.15) is 6.42 Å². The molecule has 0 aromatic rings. The first-order chi connectivity index (χ1) is 15.4. The van der Waals surface area contributed by atoms with Gasteiger partial charge in [0, 0.05) is 12.8 Å². The van der Waals surface area contributed by atoms with E-state index in [0.29, 0.717) is 45.1 Å². The lowest BCUT2D eigenvalue weighted by atomic mass is 10.0. The lowest BCUT2D eigenvalue weighted by Crippen LogP contribution is -2.59. The van der Waals surface area contributed by atoms with Gasteiger partial charge >= 0.3 is 6.03 Å². The van der Waals surface area contributed by atoms with E-state index in [9.17, 15) is 18.8 Å². The molecule has 7 heteroatoms. The number of barbiturate groups is 1. The minimum absolute atomic E-state index is 0.165. The number of urea groups is 1. The molecule has 3 unspecified atom stereocenters. The van der Waals surface area contributed by atoms with E-state index < -0.39 is 36.9 Å². The van der Waals surface area contributed by atoms with E-state index in [1.165, 1.54) is 0 Å². The molecule has 1 aliphatic heterocycles. The minimum atomic E-state index is -1.97. The number of hydrogen-bond donors (Lipinski definition) is 0. The van der Waals surface area contributed by atoms with Gasteiger partial charge in [0.25, 0.3) is 0 Å². The van der Waals surface area contributed by atoms with Crippen molar-refractivity contribution >= 4 is 17.8 Å². The molecule has 3 aliphatic carbocycles. The zero-order chi connectivity index (χ0) is 23.4. The standard InChI is InChI=1S/C23H24F2N2O3.C2H6/c1-14-17-9-8-16(10-18(14)17)12-20(25)27-22(29)13-21(28)26(23(27)30)19(24)11-15-6-4-2-3-5-7-15;1-2/h2,4-10,14,17-20H,3,11-13H2,1H3;1-2H3/t14?,17?,18?,19-,20+;/m0./s1. The number of carbonyl (C=O) groups is 3. The van der Waals surface area contributed by atoms with Gasteiger partial charge in [-0.05, 0) is 35.3 Å². The molecule has 0 spiro atoms. The van der Waals surface area contributed by atoms with Crippen molar-refractivity contribution in [1.29, 1.82) is 0 Å². The Labute approximate surface area is 187 Å². The fourth-order valence-electron chi connectivity index (χ4n) is 4.28. The number of fused-ring (bicyclic) bond motifs is 1. The molecule has 0 aromatic heterocycles. The molecular weight excluding hydrogens is 414 g/mol. The number of imide groups is 2. The van der Waals surface area contributed by atoms with Crippen molar-refractivity contribution < 1.29 is 23.2 Å². The van der Waals surface area contributed by atoms with Crippen LogP contribution in [-0.4, -0.2) is 40.2 Å². The molecule has 0 N–H and O–H groups in total. The van der Waals surface area contributed by atoms with E-state index in [1.54, 1.807) is 18.2 Å². The maximum atomic E-state index is 15.0. The highest BCUT2D eigenvalue weighted by atomic mass is 19.1. The molecule has 4 rings (SSSR count). The first-order valence-electron chi connectivity index (χ1n) is 11.2. The topological polar surface area (TPSA) is 57.7 Å². The molecule has 0 radical (unpaired) electrons. The Balaban J connectivity index is 0.00000141. The van der Waals surface area contributed by atoms with E-state index >= 15 is 4.39 Å². The molecule has 32 heavy (non-hydrogen) atoms. The molecule has 1 heterocycles. The van der Waals surface area contributed by atoms with Gasteiger partial charge in [-0.15, -0.1) is 0 Å². The molecule has 172 valence electrons. The molecule has 0 aromatic carbocycles. The average Bonchev–Trinajstić information content (AvgIpc) is 3.46. The number of allylic oxidation sites excluding steroid dienone is 8. The monoisotopic (exact) mass is 444 g/mol. The first kappa shape index (κ1) is 23.8. The second-order valence-corrected chi connectivity index (χ2v) is 8.19. The zero-order valence-electron chi connectivity index (χ0n) is 18.7. The molecule has 1 saturated carbocycles. The predicted octanol–water partition coefficient (Wildman–Crippen LogP) is 5.39. The van der Waals surface area contributed by atoms with Crippen molar-refractivity contribution in [2.75, 3.05) is 0 Å². The highest BCUT2D eigenvalue weighted by Gasteiger charge is 2.47. The van der Waals surface area contributed by atoms with Gasteiger partial charge in [-0.25, -0.2) is 23.4 Å². The van der Waals surface area contributed by atoms with Crippen LogP contribution < -0.4 is 0 Å². The van der Waals surface area contributed by atoms with Gasteiger partial charge in [0.2, 0.25) is 11.8 Å². The van der Waals surface area contributed by atoms with Gasteiger partial charge in [0.15, 0.2) is 12.6 Å². The predicted molar refractivity (Wildman–Crippen MR) is 118 cm³/mol. The van der Waals surface area contributed by atoms with E-state index in [1.807, 2.05) is 44.2 Å². The zero-order valence-corrected chi connectivity index (χ0v) is 18.7. The van der Waals surface area contributed by atoms with Crippen LogP contribution in [0.1, 0.15) is 46.5 Å². The molecule has 0 bridgehead atoms. The molecule has 1 saturated heterocycles. The summed E-state index contributed by atoms with van der Waals surface area (Å²) < 4.78 is 29.9. The first-order valence-corrected chi connectivity index (χ1v) is 11.2. The second-order valence-electron chi connectivity index (χ2n) is 8.19. The summed E-state index contributed by atoms with van der Waals surface area (Å²) in [5.74, 6) is -0.518. The Morgan fingerprint density at radius 3 is 2.19 bits per heavy atom. The summed E-state index contributed by atoms with van der Waals surface area (Å²) in [7, 11) is 0. The molecule has 4 aliphatic rings. The van der Waals surface area contributed by atoms with Crippen LogP contribution in [0.4, 0.5) is 13.6 Å². The number of nitrogens with zero attached hydrogens (tertiary/aromatic N) is 2. The normalized spacial score (nSPS) is 28.3. The quantitative estimate of drug-likeness (QED) is 0.408. The third kappa shape index (κ3) is 4.97. The van der Waals surface area contributed by atoms with Crippen molar-refractivity contribution in [2.45, 2.75) is 59.0 Å². The van der Waals surface area contributed by atoms with Crippen LogP contribution >= 0.6 is 0 Å². The SMILES string of the molecule is CC.CC1C2C=CC(C[C@H](F)N3C(=O)CC(=O)N([C@H](F)CC4=CC=CCC=C4)C3=O)=CC12. The molecule has 2 fully saturated rings. The number of rotatable bonds is 6. The number of hydrogen-bond acceptors (Lipinski definition) is 3. The summed E-state index contributed by atoms with van der Waals surface area (Å²) >= 11 is 0. The van der Waals surface area contributed by atoms with Crippen molar-refractivity contribution in [3.8, 4) is 0 Å². The van der Waals surface area contributed by atoms with E-state index in [2.05, 4.69) is 6.92 Å². The van der Waals surface area contributed by atoms with Crippen LogP contribution in [0.15, 0.2) is 59.8 Å². The number of alkyl halides is 2. The Morgan fingerprint density at radius 1 is 0.938 bits per heavy atom. The summed E-state index contributed by atoms with van der Waals surface area (Å²) in [6, 6.07) is -1.23. The van der Waals surface area contributed by atoms with Crippen molar-refractivity contribution in [3.63, 3.8) is 0 Å². The van der Waals surface area contributed by atoms with Crippen LogP contribution in [-0.2, 0) is 9.59 Å². The summed E-state index contributed by atoms with van der Waals surface area (Å²) in [5.41, 5.74) is 1.30. The van der Waals surface area contributed by atoms with Crippen LogP contribution in [0.25, 0.3) is 0 Å². The van der Waals surface area contributed by atoms with E-state index in [-0.39, 0.29) is 12.8 Å². The van der Waals surface area contributed by atoms with Crippen LogP contribution in [0.5, 0.6) is 0 Å². The number of amides is 4. The Morgan fingerprint density at radius 2 is 1.56 bits per heavy atom. The van der Waals surface area contributed by atoms with Crippen LogP contribution in [0.3, 0.4) is 0 Å². The van der Waals surface area contributed by atoms with Gasteiger partial charge in [0.05, 0.1) is 0 Å². The Bertz CT molecular complexity index is 918. The fourth-order valence-corrected chi connectivity index (χ4v) is 4.28. The third-order valence-electron chi connectivity index (χ3n) is 6.13. The number of halogens is 2. The molecular formula is C25H30F2N2O3. The Hall–Kier alpha value is -2.83. The third-order valence-corrected chi connectivity index (χ3v) is 6.13. The van der Waals surface area contributed by atoms with Crippen molar-refractivity contribution in [1.82, 2.24) is 9.80 Å². The van der Waals surface area contributed by atoms with Gasteiger partial charge in [-0.3, -0.25) is 9.59 Å². The maximum absolute atomic E-state index is 15.0. The van der Waals surface area contributed by atoms with E-state index in [4.69, 9.17) is 0 Å². The van der Waals surface area contributed by atoms with Gasteiger partial charge < -0.3 is 0 Å². The molecule has 5 nitrogen and oxygen atoms in total. The fraction of sp³-hybridized carbons (Fsp3) is 0.480. The second kappa shape index (κ2) is 10.2. The van der Waals surface area contributed by atoms with Gasteiger partial charge in [-0.1, -0.05) is 69.4 Å². The summed E-state index contributed by atoms with van der Waals surface area (Å²) in [6.07, 6.45) is 10.4. The highest BCUT2D eigenvalue weighted by molar-refractivity contribution is 6.14. The van der Waals surface area contributed by atoms with Crippen molar-refractivity contribution in [3.05, 3.63) is 59.8 Å². The van der Waals surface area contributed by atoms with Gasteiger partial charge in [-0.2, -0.15) is 0 Å². The largest absolute Gasteiger partial charge is 0.338 e. The van der Waals surface area contributed by atoms with Crippen molar-refractivity contribution in [2.24, 2.45) is 17.8 Å². The number of carbonyl (C=O) groups excluding carboxylic acids is 3. The highest BCUT2D eigenvalue weighted by Crippen LogP contribution is 2.51. The summed E-state index contributed by atoms with van der Waals surface area (Å²) in [4.78, 5) is 38.0. The molecule has 5 atom stereocenters. The van der Waals surface area contributed by atoms with Crippen LogP contribution in [0, 0.1) is 17.8 Å². The average molecular weight is 445 g/mol. The van der Waals surface area contributed by atoms with E-state index in [0.717, 1.165) is 0 Å². The summed E-state index contributed by atoms with van der Waals surface area (Å²) in [6.45, 7) is 6.11. The smallest absolute Gasteiger partial charge is 0.274 e. The lowest BCUT2D eigenvalue weighted by Gasteiger charge is -2.36. The lowest BCUT2D eigenvalue weighted by molar-refractivity contribution is -0.149. The summed E-state index contributed by atoms with van der Waals surface area (Å²) in [5, 5.41) is 0. The Kier molecular flexibility index (Phi) is 7.59. The molecule has 4 amide bonds. The van der Waals surface area contributed by atoms with Crippen LogP contribution in [0.2, 0.25) is 0 Å².